The molecular formula is C17H22N2O. The van der Waals surface area contributed by atoms with Crippen molar-refractivity contribution in [3.8, 4) is 0 Å². The Balaban J connectivity index is 2.02. The molecule has 2 rings (SSSR count). The molecule has 3 nitrogen and oxygen atoms in total. The van der Waals surface area contributed by atoms with Gasteiger partial charge in [0.05, 0.1) is 6.10 Å². The van der Waals surface area contributed by atoms with Gasteiger partial charge in [-0.2, -0.15) is 0 Å². The zero-order valence-electron chi connectivity index (χ0n) is 12.3. The Bertz CT molecular complexity index is 608. The van der Waals surface area contributed by atoms with Crippen molar-refractivity contribution < 1.29 is 5.11 Å². The van der Waals surface area contributed by atoms with Gasteiger partial charge in [-0.3, -0.25) is 0 Å². The summed E-state index contributed by atoms with van der Waals surface area (Å²) in [5.74, 6) is 0. The van der Waals surface area contributed by atoms with Crippen molar-refractivity contribution in [1.82, 2.24) is 0 Å². The average molecular weight is 270 g/mol. The third-order valence-electron chi connectivity index (χ3n) is 3.69. The van der Waals surface area contributed by atoms with Crippen LogP contribution < -0.4 is 11.1 Å². The fourth-order valence-electron chi connectivity index (χ4n) is 2.05. The summed E-state index contributed by atoms with van der Waals surface area (Å²) >= 11 is 0. The molecule has 0 aliphatic carbocycles. The van der Waals surface area contributed by atoms with E-state index in [1.807, 2.05) is 31.2 Å². The Kier molecular flexibility index (Phi) is 4.30. The van der Waals surface area contributed by atoms with E-state index in [1.54, 1.807) is 0 Å². The summed E-state index contributed by atoms with van der Waals surface area (Å²) in [6.45, 7) is 6.59. The molecule has 3 heteroatoms. The van der Waals surface area contributed by atoms with Gasteiger partial charge in [0.25, 0.3) is 0 Å². The molecule has 20 heavy (non-hydrogen) atoms. The summed E-state index contributed by atoms with van der Waals surface area (Å²) < 4.78 is 0. The van der Waals surface area contributed by atoms with E-state index in [1.165, 1.54) is 11.1 Å². The molecule has 0 amide bonds. The minimum absolute atomic E-state index is 0.463. The summed E-state index contributed by atoms with van der Waals surface area (Å²) in [4.78, 5) is 0. The van der Waals surface area contributed by atoms with E-state index in [9.17, 15) is 5.11 Å². The minimum atomic E-state index is -0.570. The van der Waals surface area contributed by atoms with Gasteiger partial charge in [-0.05, 0) is 61.2 Å². The lowest BCUT2D eigenvalue weighted by Gasteiger charge is -2.15. The Hall–Kier alpha value is -2.00. The van der Waals surface area contributed by atoms with Crippen LogP contribution >= 0.6 is 0 Å². The highest BCUT2D eigenvalue weighted by Crippen LogP contribution is 2.20. The molecule has 0 radical (unpaired) electrons. The summed E-state index contributed by atoms with van der Waals surface area (Å²) in [5, 5.41) is 13.5. The van der Waals surface area contributed by atoms with E-state index in [4.69, 9.17) is 5.73 Å². The molecule has 0 aliphatic heterocycles. The van der Waals surface area contributed by atoms with Gasteiger partial charge in [-0.1, -0.05) is 18.2 Å². The Morgan fingerprint density at radius 1 is 1.00 bits per heavy atom. The van der Waals surface area contributed by atoms with Gasteiger partial charge in [-0.25, -0.2) is 0 Å². The van der Waals surface area contributed by atoms with E-state index in [-0.39, 0.29) is 0 Å². The van der Waals surface area contributed by atoms with Crippen molar-refractivity contribution >= 4 is 11.4 Å². The van der Waals surface area contributed by atoms with E-state index in [0.29, 0.717) is 12.2 Å². The Morgan fingerprint density at radius 2 is 1.70 bits per heavy atom. The van der Waals surface area contributed by atoms with Crippen molar-refractivity contribution in [1.29, 1.82) is 0 Å². The number of aliphatic hydroxyl groups is 1. The van der Waals surface area contributed by atoms with Crippen molar-refractivity contribution in [2.24, 2.45) is 0 Å². The van der Waals surface area contributed by atoms with Crippen molar-refractivity contribution in [2.75, 3.05) is 17.6 Å². The smallest absolute Gasteiger partial charge is 0.0963 e. The highest BCUT2D eigenvalue weighted by molar-refractivity contribution is 5.50. The molecule has 0 bridgehead atoms. The van der Waals surface area contributed by atoms with Gasteiger partial charge in [0.2, 0.25) is 0 Å². The molecule has 0 spiro atoms. The van der Waals surface area contributed by atoms with Gasteiger partial charge < -0.3 is 16.2 Å². The first-order chi connectivity index (χ1) is 9.47. The van der Waals surface area contributed by atoms with Crippen LogP contribution in [-0.4, -0.2) is 11.7 Å². The SMILES string of the molecule is Cc1ccc(NCC(O)c2ccc(C)c(N)c2)cc1C. The normalized spacial score (nSPS) is 12.2. The number of nitrogens with one attached hydrogen (secondary N) is 1. The second-order valence-electron chi connectivity index (χ2n) is 5.31. The van der Waals surface area contributed by atoms with Crippen molar-refractivity contribution in [3.63, 3.8) is 0 Å². The third kappa shape index (κ3) is 3.31. The van der Waals surface area contributed by atoms with Crippen LogP contribution in [0.4, 0.5) is 11.4 Å². The van der Waals surface area contributed by atoms with Crippen LogP contribution in [0.3, 0.4) is 0 Å². The van der Waals surface area contributed by atoms with Gasteiger partial charge in [0.15, 0.2) is 0 Å². The molecular weight excluding hydrogens is 248 g/mol. The third-order valence-corrected chi connectivity index (χ3v) is 3.69. The van der Waals surface area contributed by atoms with Gasteiger partial charge in [-0.15, -0.1) is 0 Å². The maximum absolute atomic E-state index is 10.2. The molecule has 0 aliphatic rings. The highest BCUT2D eigenvalue weighted by atomic mass is 16.3. The van der Waals surface area contributed by atoms with Crippen LogP contribution in [-0.2, 0) is 0 Å². The number of hydrogen-bond donors (Lipinski definition) is 3. The summed E-state index contributed by atoms with van der Waals surface area (Å²) in [7, 11) is 0. The quantitative estimate of drug-likeness (QED) is 0.747. The summed E-state index contributed by atoms with van der Waals surface area (Å²) in [5.41, 5.74) is 12.0. The van der Waals surface area contributed by atoms with Crippen LogP contribution in [0.25, 0.3) is 0 Å². The number of hydrogen-bond acceptors (Lipinski definition) is 3. The largest absolute Gasteiger partial charge is 0.399 e. The molecule has 2 aromatic rings. The van der Waals surface area contributed by atoms with Crippen LogP contribution in [0.2, 0.25) is 0 Å². The molecule has 0 aromatic heterocycles. The second-order valence-corrected chi connectivity index (χ2v) is 5.31. The van der Waals surface area contributed by atoms with E-state index in [0.717, 1.165) is 16.8 Å². The number of nitrogens with two attached hydrogens (primary N) is 1. The standard InChI is InChI=1S/C17H22N2O/c1-11-5-7-15(8-13(11)3)19-10-17(20)14-6-4-12(2)16(18)9-14/h4-9,17,19-20H,10,18H2,1-3H3. The van der Waals surface area contributed by atoms with Crippen LogP contribution in [0.15, 0.2) is 36.4 Å². The van der Waals surface area contributed by atoms with Gasteiger partial charge >= 0.3 is 0 Å². The first-order valence-electron chi connectivity index (χ1n) is 6.82. The Labute approximate surface area is 120 Å². The molecule has 2 aromatic carbocycles. The maximum Gasteiger partial charge on any atom is 0.0963 e. The lowest BCUT2D eigenvalue weighted by Crippen LogP contribution is -2.12. The topological polar surface area (TPSA) is 58.3 Å². The van der Waals surface area contributed by atoms with E-state index in [2.05, 4.69) is 31.3 Å². The number of benzene rings is 2. The fraction of sp³-hybridized carbons (Fsp3) is 0.294. The predicted molar refractivity (Wildman–Crippen MR) is 85.0 cm³/mol. The summed E-state index contributed by atoms with van der Waals surface area (Å²) in [6.07, 6.45) is -0.570. The second kappa shape index (κ2) is 5.97. The number of aryl methyl sites for hydroxylation is 3. The average Bonchev–Trinajstić information content (AvgIpc) is 2.43. The summed E-state index contributed by atoms with van der Waals surface area (Å²) in [6, 6.07) is 11.9. The monoisotopic (exact) mass is 270 g/mol. The van der Waals surface area contributed by atoms with Crippen molar-refractivity contribution in [2.45, 2.75) is 26.9 Å². The first-order valence-corrected chi connectivity index (χ1v) is 6.82. The number of anilines is 2. The van der Waals surface area contributed by atoms with Crippen LogP contribution in [0, 0.1) is 20.8 Å². The van der Waals surface area contributed by atoms with Gasteiger partial charge in [0.1, 0.15) is 0 Å². The zero-order valence-corrected chi connectivity index (χ0v) is 12.3. The molecule has 1 unspecified atom stereocenters. The molecule has 4 N–H and O–H groups in total. The van der Waals surface area contributed by atoms with E-state index < -0.39 is 6.10 Å². The molecule has 0 saturated heterocycles. The molecule has 1 atom stereocenters. The maximum atomic E-state index is 10.2. The molecule has 0 heterocycles. The number of aliphatic hydroxyl groups excluding tert-OH is 1. The lowest BCUT2D eigenvalue weighted by atomic mass is 10.1. The van der Waals surface area contributed by atoms with Crippen molar-refractivity contribution in [3.05, 3.63) is 58.7 Å². The van der Waals surface area contributed by atoms with E-state index >= 15 is 0 Å². The Morgan fingerprint density at radius 3 is 2.35 bits per heavy atom. The lowest BCUT2D eigenvalue weighted by molar-refractivity contribution is 0.191. The fourth-order valence-corrected chi connectivity index (χ4v) is 2.05. The minimum Gasteiger partial charge on any atom is -0.399 e. The van der Waals surface area contributed by atoms with Crippen LogP contribution in [0.5, 0.6) is 0 Å². The predicted octanol–water partition coefficient (Wildman–Crippen LogP) is 3.34. The first kappa shape index (κ1) is 14.4. The molecule has 0 saturated carbocycles. The number of nitrogen functional groups attached to an aromatic ring is 1. The molecule has 0 fully saturated rings. The molecule has 106 valence electrons. The van der Waals surface area contributed by atoms with Crippen LogP contribution in [0.1, 0.15) is 28.4 Å². The zero-order chi connectivity index (χ0) is 14.7. The van der Waals surface area contributed by atoms with Gasteiger partial charge in [0, 0.05) is 17.9 Å². The number of rotatable bonds is 4. The highest BCUT2D eigenvalue weighted by Gasteiger charge is 2.08.